The lowest BCUT2D eigenvalue weighted by Gasteiger charge is -2.35. The number of benzene rings is 1. The lowest BCUT2D eigenvalue weighted by molar-refractivity contribution is -0.0699. The maximum Gasteiger partial charge on any atom is 0.119 e. The van der Waals surface area contributed by atoms with E-state index < -0.39 is 0 Å². The second-order valence-electron chi connectivity index (χ2n) is 5.65. The van der Waals surface area contributed by atoms with E-state index in [4.69, 9.17) is 27.4 Å². The number of thiocarbonyl (C=S) groups is 1. The van der Waals surface area contributed by atoms with Gasteiger partial charge in [0.25, 0.3) is 0 Å². The van der Waals surface area contributed by atoms with Crippen molar-refractivity contribution in [2.45, 2.75) is 32.5 Å². The molecule has 0 spiro atoms. The van der Waals surface area contributed by atoms with E-state index in [1.807, 2.05) is 24.3 Å². The SMILES string of the molecule is C[C@@H]1CN(CCOc2ccc(CC(N)=S)cc2)C[C@H](C)O1. The maximum atomic E-state index is 5.79. The third kappa shape index (κ3) is 5.61. The van der Waals surface area contributed by atoms with Crippen molar-refractivity contribution in [2.75, 3.05) is 26.2 Å². The highest BCUT2D eigenvalue weighted by atomic mass is 32.1. The van der Waals surface area contributed by atoms with Gasteiger partial charge in [0.2, 0.25) is 0 Å². The zero-order valence-corrected chi connectivity index (χ0v) is 13.6. The van der Waals surface area contributed by atoms with Crippen LogP contribution in [-0.4, -0.2) is 48.3 Å². The highest BCUT2D eigenvalue weighted by molar-refractivity contribution is 7.80. The molecule has 21 heavy (non-hydrogen) atoms. The lowest BCUT2D eigenvalue weighted by atomic mass is 10.1. The normalized spacial score (nSPS) is 23.0. The van der Waals surface area contributed by atoms with Gasteiger partial charge in [-0.2, -0.15) is 0 Å². The molecule has 2 rings (SSSR count). The molecule has 0 aliphatic carbocycles. The molecule has 1 aliphatic rings. The molecule has 116 valence electrons. The fourth-order valence-corrected chi connectivity index (χ4v) is 2.83. The van der Waals surface area contributed by atoms with E-state index in [1.165, 1.54) is 0 Å². The summed E-state index contributed by atoms with van der Waals surface area (Å²) in [5, 5.41) is 0. The number of nitrogens with two attached hydrogens (primary N) is 1. The fourth-order valence-electron chi connectivity index (χ4n) is 2.66. The second kappa shape index (κ2) is 7.73. The summed E-state index contributed by atoms with van der Waals surface area (Å²) in [6.45, 7) is 7.79. The van der Waals surface area contributed by atoms with Gasteiger partial charge in [-0.15, -0.1) is 0 Å². The third-order valence-electron chi connectivity index (χ3n) is 3.47. The van der Waals surface area contributed by atoms with Crippen LogP contribution in [0.1, 0.15) is 19.4 Å². The predicted molar refractivity (Wildman–Crippen MR) is 88.9 cm³/mol. The topological polar surface area (TPSA) is 47.7 Å². The molecule has 4 nitrogen and oxygen atoms in total. The molecule has 1 fully saturated rings. The van der Waals surface area contributed by atoms with E-state index in [-0.39, 0.29) is 0 Å². The molecular formula is C16H24N2O2S. The van der Waals surface area contributed by atoms with Gasteiger partial charge in [0.05, 0.1) is 17.2 Å². The number of hydrogen-bond donors (Lipinski definition) is 1. The first-order chi connectivity index (χ1) is 10.0. The van der Waals surface area contributed by atoms with Gasteiger partial charge in [-0.3, -0.25) is 4.90 Å². The average molecular weight is 308 g/mol. The monoisotopic (exact) mass is 308 g/mol. The number of morpholine rings is 1. The van der Waals surface area contributed by atoms with Gasteiger partial charge in [-0.1, -0.05) is 24.4 Å². The van der Waals surface area contributed by atoms with Crippen LogP contribution in [0.25, 0.3) is 0 Å². The Labute approximate surface area is 132 Å². The maximum absolute atomic E-state index is 5.79. The first kappa shape index (κ1) is 16.2. The Morgan fingerprint density at radius 1 is 1.29 bits per heavy atom. The lowest BCUT2D eigenvalue weighted by Crippen LogP contribution is -2.46. The summed E-state index contributed by atoms with van der Waals surface area (Å²) < 4.78 is 11.5. The van der Waals surface area contributed by atoms with Crippen molar-refractivity contribution >= 4 is 17.2 Å². The summed E-state index contributed by atoms with van der Waals surface area (Å²) in [5.41, 5.74) is 6.65. The number of ether oxygens (including phenoxy) is 2. The highest BCUT2D eigenvalue weighted by Gasteiger charge is 2.21. The van der Waals surface area contributed by atoms with Crippen molar-refractivity contribution in [1.29, 1.82) is 0 Å². The molecule has 0 unspecified atom stereocenters. The predicted octanol–water partition coefficient (Wildman–Crippen LogP) is 2.00. The molecule has 1 aliphatic heterocycles. The van der Waals surface area contributed by atoms with E-state index in [0.717, 1.165) is 30.9 Å². The molecule has 1 heterocycles. The van der Waals surface area contributed by atoms with Crippen LogP contribution in [0.4, 0.5) is 0 Å². The molecule has 1 aromatic carbocycles. The van der Waals surface area contributed by atoms with Crippen LogP contribution >= 0.6 is 12.2 Å². The molecule has 1 aromatic rings. The summed E-state index contributed by atoms with van der Waals surface area (Å²) in [7, 11) is 0. The zero-order chi connectivity index (χ0) is 15.2. The van der Waals surface area contributed by atoms with Crippen LogP contribution in [0.3, 0.4) is 0 Å². The largest absolute Gasteiger partial charge is 0.492 e. The van der Waals surface area contributed by atoms with Gasteiger partial charge < -0.3 is 15.2 Å². The van der Waals surface area contributed by atoms with E-state index in [0.29, 0.717) is 30.2 Å². The summed E-state index contributed by atoms with van der Waals surface area (Å²) in [5.74, 6) is 0.885. The second-order valence-corrected chi connectivity index (χ2v) is 6.18. The molecule has 0 saturated carbocycles. The van der Waals surface area contributed by atoms with Gasteiger partial charge in [0, 0.05) is 26.1 Å². The van der Waals surface area contributed by atoms with Gasteiger partial charge in [0.1, 0.15) is 12.4 Å². The third-order valence-corrected chi connectivity index (χ3v) is 3.62. The summed E-state index contributed by atoms with van der Waals surface area (Å²) in [6, 6.07) is 7.96. The Kier molecular flexibility index (Phi) is 5.96. The number of hydrogen-bond acceptors (Lipinski definition) is 4. The smallest absolute Gasteiger partial charge is 0.119 e. The van der Waals surface area contributed by atoms with Crippen LogP contribution in [0.15, 0.2) is 24.3 Å². The number of nitrogens with zero attached hydrogens (tertiary/aromatic N) is 1. The molecule has 0 bridgehead atoms. The van der Waals surface area contributed by atoms with Crippen LogP contribution in [0.2, 0.25) is 0 Å². The standard InChI is InChI=1S/C16H24N2O2S/c1-12-10-18(11-13(2)20-12)7-8-19-15-5-3-14(4-6-15)9-16(17)21/h3-6,12-13H,7-11H2,1-2H3,(H2,17,21)/t12-,13+. The summed E-state index contributed by atoms with van der Waals surface area (Å²) >= 11 is 4.90. The quantitative estimate of drug-likeness (QED) is 0.815. The minimum absolute atomic E-state index is 0.299. The number of rotatable bonds is 6. The Bertz CT molecular complexity index is 454. The molecule has 2 atom stereocenters. The van der Waals surface area contributed by atoms with Crippen LogP contribution in [0.5, 0.6) is 5.75 Å². The van der Waals surface area contributed by atoms with Crippen molar-refractivity contribution in [2.24, 2.45) is 5.73 Å². The highest BCUT2D eigenvalue weighted by Crippen LogP contribution is 2.14. The average Bonchev–Trinajstić information content (AvgIpc) is 2.39. The van der Waals surface area contributed by atoms with Crippen molar-refractivity contribution < 1.29 is 9.47 Å². The van der Waals surface area contributed by atoms with Crippen molar-refractivity contribution in [3.8, 4) is 5.75 Å². The minimum atomic E-state index is 0.299. The summed E-state index contributed by atoms with van der Waals surface area (Å²) in [6.07, 6.45) is 1.24. The minimum Gasteiger partial charge on any atom is -0.492 e. The van der Waals surface area contributed by atoms with Crippen molar-refractivity contribution in [1.82, 2.24) is 4.90 Å². The van der Waals surface area contributed by atoms with Gasteiger partial charge >= 0.3 is 0 Å². The zero-order valence-electron chi connectivity index (χ0n) is 12.7. The van der Waals surface area contributed by atoms with E-state index in [9.17, 15) is 0 Å². The Hall–Kier alpha value is -1.17. The van der Waals surface area contributed by atoms with Crippen LogP contribution in [0, 0.1) is 0 Å². The van der Waals surface area contributed by atoms with Crippen molar-refractivity contribution in [3.05, 3.63) is 29.8 Å². The molecule has 0 aromatic heterocycles. The Morgan fingerprint density at radius 2 is 1.90 bits per heavy atom. The van der Waals surface area contributed by atoms with Gasteiger partial charge in [-0.25, -0.2) is 0 Å². The van der Waals surface area contributed by atoms with Gasteiger partial charge in [0.15, 0.2) is 0 Å². The molecular weight excluding hydrogens is 284 g/mol. The summed E-state index contributed by atoms with van der Waals surface area (Å²) in [4.78, 5) is 2.90. The first-order valence-corrected chi connectivity index (χ1v) is 7.81. The Morgan fingerprint density at radius 3 is 2.48 bits per heavy atom. The Balaban J connectivity index is 1.74. The molecule has 2 N–H and O–H groups in total. The van der Waals surface area contributed by atoms with E-state index in [2.05, 4.69) is 18.7 Å². The van der Waals surface area contributed by atoms with E-state index in [1.54, 1.807) is 0 Å². The van der Waals surface area contributed by atoms with Crippen LogP contribution < -0.4 is 10.5 Å². The molecule has 1 saturated heterocycles. The molecule has 5 heteroatoms. The molecule has 0 radical (unpaired) electrons. The first-order valence-electron chi connectivity index (χ1n) is 7.41. The molecule has 0 amide bonds. The van der Waals surface area contributed by atoms with E-state index >= 15 is 0 Å². The fraction of sp³-hybridized carbons (Fsp3) is 0.562. The van der Waals surface area contributed by atoms with Crippen molar-refractivity contribution in [3.63, 3.8) is 0 Å². The van der Waals surface area contributed by atoms with Crippen LogP contribution in [-0.2, 0) is 11.2 Å². The van der Waals surface area contributed by atoms with Gasteiger partial charge in [-0.05, 0) is 31.5 Å².